The lowest BCUT2D eigenvalue weighted by Crippen LogP contribution is -3.10. The minimum Gasteiger partial charge on any atom is -0.456 e. The van der Waals surface area contributed by atoms with E-state index in [0.29, 0.717) is 34.5 Å². The minimum absolute atomic E-state index is 0.250. The first-order chi connectivity index (χ1) is 15.6. The highest BCUT2D eigenvalue weighted by atomic mass is 35.5. The topological polar surface area (TPSA) is 106 Å². The SMILES string of the molecule is C[NH+]1CCN=C1c1ccc(-c2nc3nc(O[C@@H]4CO[C@H]5[C@@H]4OC[C@H]5O)[nH]c3cc2Cl)cc1. The van der Waals surface area contributed by atoms with E-state index < -0.39 is 6.10 Å². The molecular weight excluding hydrogens is 434 g/mol. The zero-order valence-corrected chi connectivity index (χ0v) is 18.2. The number of aliphatic hydroxyl groups excluding tert-OH is 1. The number of H-pyrrole nitrogens is 1. The Hall–Kier alpha value is -2.56. The van der Waals surface area contributed by atoms with Crippen LogP contribution in [0.1, 0.15) is 5.56 Å². The van der Waals surface area contributed by atoms with Crippen LogP contribution < -0.4 is 9.64 Å². The lowest BCUT2D eigenvalue weighted by Gasteiger charge is -2.15. The molecule has 0 radical (unpaired) electrons. The molecule has 0 aliphatic carbocycles. The molecule has 166 valence electrons. The quantitative estimate of drug-likeness (QED) is 0.526. The predicted octanol–water partition coefficient (Wildman–Crippen LogP) is 0.459. The third-order valence-corrected chi connectivity index (χ3v) is 6.53. The van der Waals surface area contributed by atoms with Crippen LogP contribution in [0.15, 0.2) is 35.3 Å². The Morgan fingerprint density at radius 2 is 1.91 bits per heavy atom. The number of ether oxygens (including phenoxy) is 3. The lowest BCUT2D eigenvalue weighted by molar-refractivity contribution is -0.773. The summed E-state index contributed by atoms with van der Waals surface area (Å²) in [6.45, 7) is 2.46. The molecule has 2 saturated heterocycles. The van der Waals surface area contributed by atoms with E-state index in [1.54, 1.807) is 6.07 Å². The number of benzene rings is 1. The summed E-state index contributed by atoms with van der Waals surface area (Å²) in [5.74, 6) is 1.08. The van der Waals surface area contributed by atoms with Crippen molar-refractivity contribution in [2.24, 2.45) is 4.99 Å². The number of aromatic amines is 1. The molecule has 10 heteroatoms. The number of imidazole rings is 1. The summed E-state index contributed by atoms with van der Waals surface area (Å²) < 4.78 is 17.2. The van der Waals surface area contributed by atoms with E-state index in [4.69, 9.17) is 25.8 Å². The van der Waals surface area contributed by atoms with Gasteiger partial charge in [0.05, 0.1) is 48.6 Å². The Bertz CT molecular complexity index is 1200. The predicted molar refractivity (Wildman–Crippen MR) is 117 cm³/mol. The highest BCUT2D eigenvalue weighted by Gasteiger charge is 2.48. The fraction of sp³-hybridized carbons (Fsp3) is 0.409. The minimum atomic E-state index is -0.624. The number of aliphatic imine (C=N–C) groups is 1. The third kappa shape index (κ3) is 3.37. The Kier molecular flexibility index (Phi) is 4.89. The summed E-state index contributed by atoms with van der Waals surface area (Å²) >= 11 is 6.55. The van der Waals surface area contributed by atoms with Gasteiger partial charge in [0.15, 0.2) is 11.8 Å². The number of quaternary nitrogens is 1. The van der Waals surface area contributed by atoms with Crippen molar-refractivity contribution in [1.29, 1.82) is 0 Å². The molecule has 2 fully saturated rings. The van der Waals surface area contributed by atoms with E-state index >= 15 is 0 Å². The van der Waals surface area contributed by atoms with Crippen molar-refractivity contribution >= 4 is 28.6 Å². The molecule has 0 spiro atoms. The van der Waals surface area contributed by atoms with Gasteiger partial charge >= 0.3 is 0 Å². The van der Waals surface area contributed by atoms with E-state index in [0.717, 1.165) is 30.1 Å². The van der Waals surface area contributed by atoms with Crippen LogP contribution in [-0.4, -0.2) is 83.7 Å². The van der Waals surface area contributed by atoms with E-state index in [1.807, 2.05) is 12.1 Å². The number of hydrogen-bond donors (Lipinski definition) is 3. The Morgan fingerprint density at radius 1 is 1.12 bits per heavy atom. The number of fused-ring (bicyclic) bond motifs is 2. The molecule has 0 saturated carbocycles. The summed E-state index contributed by atoms with van der Waals surface area (Å²) in [7, 11) is 2.13. The zero-order chi connectivity index (χ0) is 21.8. The second-order valence-electron chi connectivity index (χ2n) is 8.39. The van der Waals surface area contributed by atoms with Gasteiger partial charge in [-0.3, -0.25) is 4.90 Å². The molecule has 6 rings (SSSR count). The number of nitrogens with zero attached hydrogens (tertiary/aromatic N) is 3. The molecule has 0 bridgehead atoms. The summed E-state index contributed by atoms with van der Waals surface area (Å²) in [4.78, 5) is 18.2. The van der Waals surface area contributed by atoms with Gasteiger partial charge in [0.25, 0.3) is 6.01 Å². The number of rotatable bonds is 4. The molecule has 3 aliphatic rings. The normalized spacial score (nSPS) is 29.5. The molecule has 32 heavy (non-hydrogen) atoms. The molecule has 0 amide bonds. The van der Waals surface area contributed by atoms with Crippen LogP contribution >= 0.6 is 11.6 Å². The molecule has 1 unspecified atom stereocenters. The van der Waals surface area contributed by atoms with Crippen LogP contribution in [0.5, 0.6) is 6.01 Å². The number of nitrogens with one attached hydrogen (secondary N) is 2. The van der Waals surface area contributed by atoms with Crippen molar-refractivity contribution in [3.63, 3.8) is 0 Å². The van der Waals surface area contributed by atoms with Gasteiger partial charge in [0, 0.05) is 5.56 Å². The van der Waals surface area contributed by atoms with Crippen LogP contribution in [-0.2, 0) is 9.47 Å². The number of aromatic nitrogens is 3. The molecule has 2 aromatic heterocycles. The number of amidine groups is 1. The number of aliphatic hydroxyl groups is 1. The van der Waals surface area contributed by atoms with Crippen LogP contribution in [0.2, 0.25) is 5.02 Å². The van der Waals surface area contributed by atoms with Crippen molar-refractivity contribution in [1.82, 2.24) is 15.0 Å². The van der Waals surface area contributed by atoms with Gasteiger partial charge in [-0.15, -0.1) is 0 Å². The van der Waals surface area contributed by atoms with Crippen molar-refractivity contribution in [2.75, 3.05) is 33.4 Å². The van der Waals surface area contributed by atoms with Crippen LogP contribution in [0.25, 0.3) is 22.4 Å². The first-order valence-corrected chi connectivity index (χ1v) is 11.1. The number of hydrogen-bond acceptors (Lipinski definition) is 7. The third-order valence-electron chi connectivity index (χ3n) is 6.24. The average molecular weight is 457 g/mol. The van der Waals surface area contributed by atoms with Crippen LogP contribution in [0.4, 0.5) is 0 Å². The Balaban J connectivity index is 1.25. The van der Waals surface area contributed by atoms with Crippen LogP contribution in [0, 0.1) is 0 Å². The Morgan fingerprint density at radius 3 is 2.69 bits per heavy atom. The van der Waals surface area contributed by atoms with Crippen molar-refractivity contribution in [3.05, 3.63) is 40.9 Å². The summed E-state index contributed by atoms with van der Waals surface area (Å²) in [6, 6.07) is 10.2. The standard InChI is InChI=1S/C22H22ClN5O4/c1-28-7-6-24-21(28)12-4-2-11(3-5-12)17-13(23)8-14-20(26-17)27-22(25-14)32-16-10-31-18-15(29)9-30-19(16)18/h2-5,8,15-16,18-19,29H,6-7,9-10H2,1H3,(H,25,26,27)/p+1/t15-,16-,18-,19-/m1/s1. The fourth-order valence-corrected chi connectivity index (χ4v) is 4.82. The summed E-state index contributed by atoms with van der Waals surface area (Å²) in [5.41, 5.74) is 3.86. The van der Waals surface area contributed by atoms with Gasteiger partial charge in [-0.1, -0.05) is 23.7 Å². The molecule has 5 atom stereocenters. The summed E-state index contributed by atoms with van der Waals surface area (Å²) in [6.07, 6.45) is -1.64. The lowest BCUT2D eigenvalue weighted by atomic mass is 10.1. The molecule has 9 nitrogen and oxygen atoms in total. The maximum atomic E-state index is 9.90. The van der Waals surface area contributed by atoms with Crippen molar-refractivity contribution < 1.29 is 24.2 Å². The largest absolute Gasteiger partial charge is 0.456 e. The van der Waals surface area contributed by atoms with Crippen LogP contribution in [0.3, 0.4) is 0 Å². The van der Waals surface area contributed by atoms with Gasteiger partial charge in [0.1, 0.15) is 24.9 Å². The zero-order valence-electron chi connectivity index (χ0n) is 17.4. The molecule has 1 aromatic carbocycles. The van der Waals surface area contributed by atoms with Gasteiger partial charge in [0.2, 0.25) is 5.84 Å². The first kappa shape index (κ1) is 20.1. The maximum absolute atomic E-state index is 9.90. The van der Waals surface area contributed by atoms with E-state index in [1.165, 1.54) is 4.90 Å². The highest BCUT2D eigenvalue weighted by molar-refractivity contribution is 6.33. The van der Waals surface area contributed by atoms with Gasteiger partial charge in [-0.05, 0) is 18.2 Å². The first-order valence-electron chi connectivity index (χ1n) is 10.7. The molecule has 3 aromatic rings. The summed E-state index contributed by atoms with van der Waals surface area (Å²) in [5, 5.41) is 10.4. The average Bonchev–Trinajstić information content (AvgIpc) is 3.55. The van der Waals surface area contributed by atoms with Crippen molar-refractivity contribution in [2.45, 2.75) is 24.4 Å². The monoisotopic (exact) mass is 456 g/mol. The number of halogens is 1. The smallest absolute Gasteiger partial charge is 0.296 e. The van der Waals surface area contributed by atoms with Crippen molar-refractivity contribution in [3.8, 4) is 17.3 Å². The Labute approximate surface area is 189 Å². The van der Waals surface area contributed by atoms with Gasteiger partial charge in [-0.25, -0.2) is 9.98 Å². The highest BCUT2D eigenvalue weighted by Crippen LogP contribution is 2.32. The van der Waals surface area contributed by atoms with E-state index in [-0.39, 0.29) is 24.9 Å². The van der Waals surface area contributed by atoms with E-state index in [2.05, 4.69) is 39.1 Å². The second kappa shape index (κ2) is 7.79. The fourth-order valence-electron chi connectivity index (χ4n) is 4.55. The number of likely N-dealkylation sites (N-methyl/N-ethyl adjacent to an activating group) is 1. The second-order valence-corrected chi connectivity index (χ2v) is 8.80. The van der Waals surface area contributed by atoms with E-state index in [9.17, 15) is 5.11 Å². The number of pyridine rings is 1. The maximum Gasteiger partial charge on any atom is 0.296 e. The van der Waals surface area contributed by atoms with Gasteiger partial charge < -0.3 is 24.3 Å². The molecule has 3 N–H and O–H groups in total. The molecule has 3 aliphatic heterocycles. The molecular formula is C22H23ClN5O4+. The molecule has 5 heterocycles. The van der Waals surface area contributed by atoms with Gasteiger partial charge in [-0.2, -0.15) is 4.98 Å².